The van der Waals surface area contributed by atoms with Gasteiger partial charge in [0.2, 0.25) is 5.78 Å². The van der Waals surface area contributed by atoms with E-state index in [1.54, 1.807) is 31.4 Å². The topological polar surface area (TPSA) is 45.1 Å². The zero-order valence-corrected chi connectivity index (χ0v) is 12.6. The maximum atomic E-state index is 11.9. The van der Waals surface area contributed by atoms with Crippen LogP contribution in [0.25, 0.3) is 0 Å². The molecule has 0 saturated carbocycles. The zero-order valence-electron chi connectivity index (χ0n) is 11.8. The Morgan fingerprint density at radius 1 is 1.20 bits per heavy atom. The van der Waals surface area contributed by atoms with Crippen molar-refractivity contribution in [3.05, 3.63) is 29.8 Å². The zero-order chi connectivity index (χ0) is 13.7. The number of methoxy groups -OCH3 is 1. The highest BCUT2D eigenvalue weighted by atomic mass is 35.5. The fraction of sp³-hybridized carbons (Fsp3) is 0.429. The van der Waals surface area contributed by atoms with Crippen molar-refractivity contribution in [2.75, 3.05) is 40.3 Å². The first-order valence-electron chi connectivity index (χ1n) is 6.35. The summed E-state index contributed by atoms with van der Waals surface area (Å²) >= 11 is 0. The Morgan fingerprint density at radius 3 is 2.35 bits per heavy atom. The van der Waals surface area contributed by atoms with Gasteiger partial charge in [-0.25, -0.2) is 0 Å². The molecule has 1 aliphatic rings. The van der Waals surface area contributed by atoms with E-state index in [2.05, 4.69) is 17.0 Å². The Labute approximate surface area is 125 Å². The molecule has 0 unspecified atom stereocenters. The standard InChI is InChI=1S/C14H19N3O2.ClH/c1-16-7-9-17(10-8-16)15-11-14(18)12-3-5-13(19-2)6-4-12;/h3-6,11H,7-10H2,1-2H3;1H. The number of likely N-dealkylation sites (N-methyl/N-ethyl adjacent to an activating group) is 1. The van der Waals surface area contributed by atoms with Gasteiger partial charge in [-0.05, 0) is 31.3 Å². The number of halogens is 1. The molecule has 1 saturated heterocycles. The van der Waals surface area contributed by atoms with E-state index in [0.29, 0.717) is 5.56 Å². The number of hydrogen-bond acceptors (Lipinski definition) is 5. The second kappa shape index (κ2) is 7.87. The van der Waals surface area contributed by atoms with E-state index in [1.807, 2.05) is 5.01 Å². The predicted molar refractivity (Wildman–Crippen MR) is 82.1 cm³/mol. The number of rotatable bonds is 4. The Hall–Kier alpha value is -1.59. The molecule has 20 heavy (non-hydrogen) atoms. The van der Waals surface area contributed by atoms with E-state index >= 15 is 0 Å². The van der Waals surface area contributed by atoms with Gasteiger partial charge in [-0.15, -0.1) is 12.4 Å². The molecule has 0 aliphatic carbocycles. The average Bonchev–Trinajstić information content (AvgIpc) is 2.46. The van der Waals surface area contributed by atoms with Crippen molar-refractivity contribution < 1.29 is 9.53 Å². The van der Waals surface area contributed by atoms with E-state index in [-0.39, 0.29) is 18.2 Å². The summed E-state index contributed by atoms with van der Waals surface area (Å²) in [7, 11) is 3.69. The SMILES string of the molecule is COc1ccc(C(=O)C=NN2CCN(C)CC2)cc1.Cl. The molecule has 0 radical (unpaired) electrons. The van der Waals surface area contributed by atoms with Gasteiger partial charge in [0.15, 0.2) is 0 Å². The Balaban J connectivity index is 0.00000200. The van der Waals surface area contributed by atoms with Gasteiger partial charge in [0.25, 0.3) is 0 Å². The monoisotopic (exact) mass is 297 g/mol. The van der Waals surface area contributed by atoms with Crippen LogP contribution in [0.5, 0.6) is 5.75 Å². The summed E-state index contributed by atoms with van der Waals surface area (Å²) < 4.78 is 5.06. The highest BCUT2D eigenvalue weighted by Gasteiger charge is 2.11. The van der Waals surface area contributed by atoms with Crippen LogP contribution in [-0.4, -0.2) is 62.2 Å². The van der Waals surface area contributed by atoms with Crippen LogP contribution in [0.3, 0.4) is 0 Å². The van der Waals surface area contributed by atoms with Crippen LogP contribution in [0, 0.1) is 0 Å². The van der Waals surface area contributed by atoms with E-state index in [1.165, 1.54) is 6.21 Å². The molecular weight excluding hydrogens is 278 g/mol. The number of nitrogens with zero attached hydrogens (tertiary/aromatic N) is 3. The third-order valence-electron chi connectivity index (χ3n) is 3.19. The second-order valence-corrected chi connectivity index (χ2v) is 4.59. The van der Waals surface area contributed by atoms with Gasteiger partial charge >= 0.3 is 0 Å². The summed E-state index contributed by atoms with van der Waals surface area (Å²) in [6, 6.07) is 7.04. The number of Topliss-reactive ketones (excluding diaryl/α,β-unsaturated/α-hetero) is 1. The number of carbonyl (C=O) groups excluding carboxylic acids is 1. The minimum absolute atomic E-state index is 0. The molecule has 0 aromatic heterocycles. The number of piperazine rings is 1. The van der Waals surface area contributed by atoms with Crippen molar-refractivity contribution >= 4 is 24.4 Å². The first-order valence-corrected chi connectivity index (χ1v) is 6.35. The maximum absolute atomic E-state index is 11.9. The molecule has 1 aromatic rings. The van der Waals surface area contributed by atoms with Crippen molar-refractivity contribution in [3.63, 3.8) is 0 Å². The van der Waals surface area contributed by atoms with Crippen molar-refractivity contribution in [1.82, 2.24) is 9.91 Å². The molecule has 1 heterocycles. The molecule has 110 valence electrons. The van der Waals surface area contributed by atoms with Crippen molar-refractivity contribution in [2.24, 2.45) is 5.10 Å². The number of ether oxygens (including phenoxy) is 1. The third kappa shape index (κ3) is 4.51. The van der Waals surface area contributed by atoms with E-state index < -0.39 is 0 Å². The summed E-state index contributed by atoms with van der Waals surface area (Å²) in [6.45, 7) is 3.69. The van der Waals surface area contributed by atoms with Gasteiger partial charge in [-0.2, -0.15) is 5.10 Å². The van der Waals surface area contributed by atoms with Crippen LogP contribution < -0.4 is 4.74 Å². The van der Waals surface area contributed by atoms with Crippen LogP contribution in [0.15, 0.2) is 29.4 Å². The van der Waals surface area contributed by atoms with Crippen molar-refractivity contribution in [2.45, 2.75) is 0 Å². The number of ketones is 1. The molecule has 1 fully saturated rings. The van der Waals surface area contributed by atoms with Crippen LogP contribution in [0.1, 0.15) is 10.4 Å². The molecule has 1 aromatic carbocycles. The lowest BCUT2D eigenvalue weighted by molar-refractivity contribution is 0.106. The molecule has 5 nitrogen and oxygen atoms in total. The first-order chi connectivity index (χ1) is 9.19. The highest BCUT2D eigenvalue weighted by Crippen LogP contribution is 2.11. The van der Waals surface area contributed by atoms with Gasteiger partial charge in [-0.1, -0.05) is 0 Å². The van der Waals surface area contributed by atoms with E-state index in [0.717, 1.165) is 31.9 Å². The molecule has 1 aliphatic heterocycles. The molecule has 0 atom stereocenters. The van der Waals surface area contributed by atoms with Crippen LogP contribution in [0.2, 0.25) is 0 Å². The minimum atomic E-state index is -0.0819. The van der Waals surface area contributed by atoms with E-state index in [9.17, 15) is 4.79 Å². The molecule has 0 amide bonds. The number of hydrazone groups is 1. The van der Waals surface area contributed by atoms with Gasteiger partial charge < -0.3 is 9.64 Å². The van der Waals surface area contributed by atoms with Gasteiger partial charge in [0.05, 0.1) is 13.3 Å². The van der Waals surface area contributed by atoms with Crippen LogP contribution in [-0.2, 0) is 0 Å². The van der Waals surface area contributed by atoms with E-state index in [4.69, 9.17) is 4.74 Å². The molecular formula is C14H20ClN3O2. The van der Waals surface area contributed by atoms with Gasteiger partial charge in [-0.3, -0.25) is 9.80 Å². The molecule has 2 rings (SSSR count). The summed E-state index contributed by atoms with van der Waals surface area (Å²) in [5.74, 6) is 0.661. The Kier molecular flexibility index (Phi) is 6.48. The fourth-order valence-electron chi connectivity index (χ4n) is 1.88. The van der Waals surface area contributed by atoms with Crippen LogP contribution >= 0.6 is 12.4 Å². The smallest absolute Gasteiger partial charge is 0.205 e. The number of hydrogen-bond donors (Lipinski definition) is 0. The summed E-state index contributed by atoms with van der Waals surface area (Å²) in [5, 5.41) is 6.17. The summed E-state index contributed by atoms with van der Waals surface area (Å²) in [5.41, 5.74) is 0.624. The van der Waals surface area contributed by atoms with Crippen molar-refractivity contribution in [1.29, 1.82) is 0 Å². The molecule has 6 heteroatoms. The molecule has 0 bridgehead atoms. The lowest BCUT2D eigenvalue weighted by atomic mass is 10.1. The Morgan fingerprint density at radius 2 is 1.80 bits per heavy atom. The quantitative estimate of drug-likeness (QED) is 0.625. The van der Waals surface area contributed by atoms with Gasteiger partial charge in [0.1, 0.15) is 5.75 Å². The Bertz CT molecular complexity index is 454. The first kappa shape index (κ1) is 16.5. The normalized spacial score (nSPS) is 16.0. The minimum Gasteiger partial charge on any atom is -0.497 e. The van der Waals surface area contributed by atoms with Gasteiger partial charge in [0, 0.05) is 31.7 Å². The average molecular weight is 298 g/mol. The molecule has 0 N–H and O–H groups in total. The fourth-order valence-corrected chi connectivity index (χ4v) is 1.88. The molecule has 0 spiro atoms. The number of carbonyl (C=O) groups is 1. The summed E-state index contributed by atoms with van der Waals surface area (Å²) in [6.07, 6.45) is 1.40. The maximum Gasteiger partial charge on any atom is 0.205 e. The second-order valence-electron chi connectivity index (χ2n) is 4.59. The largest absolute Gasteiger partial charge is 0.497 e. The lowest BCUT2D eigenvalue weighted by Gasteiger charge is -2.30. The van der Waals surface area contributed by atoms with Crippen molar-refractivity contribution in [3.8, 4) is 5.75 Å². The predicted octanol–water partition coefficient (Wildman–Crippen LogP) is 1.53. The number of benzene rings is 1. The highest BCUT2D eigenvalue weighted by molar-refractivity contribution is 6.35. The van der Waals surface area contributed by atoms with Crippen LogP contribution in [0.4, 0.5) is 0 Å². The third-order valence-corrected chi connectivity index (χ3v) is 3.19. The lowest BCUT2D eigenvalue weighted by Crippen LogP contribution is -2.41. The summed E-state index contributed by atoms with van der Waals surface area (Å²) in [4.78, 5) is 14.2.